The lowest BCUT2D eigenvalue weighted by molar-refractivity contribution is -0.188. The van der Waals surface area contributed by atoms with Crippen LogP contribution in [0.15, 0.2) is 28.7 Å². The van der Waals surface area contributed by atoms with E-state index in [4.69, 9.17) is 9.52 Å². The molecule has 0 bridgehead atoms. The number of furan rings is 1. The molecule has 2 heterocycles. The molecule has 1 aromatic carbocycles. The minimum Gasteiger partial charge on any atom is -0.481 e. The summed E-state index contributed by atoms with van der Waals surface area (Å²) in [6.45, 7) is 1.60. The number of aliphatic carboxylic acids is 1. The van der Waals surface area contributed by atoms with Gasteiger partial charge < -0.3 is 9.52 Å². The molecule has 124 valence electrons. The summed E-state index contributed by atoms with van der Waals surface area (Å²) >= 11 is 0. The third-order valence-electron chi connectivity index (χ3n) is 4.42. The van der Waals surface area contributed by atoms with Crippen LogP contribution in [0.4, 0.5) is 13.2 Å². The third-order valence-corrected chi connectivity index (χ3v) is 4.42. The Kier molecular flexibility index (Phi) is 3.83. The summed E-state index contributed by atoms with van der Waals surface area (Å²) in [5.41, 5.74) is 1.49. The molecule has 1 saturated heterocycles. The fourth-order valence-corrected chi connectivity index (χ4v) is 3.24. The van der Waals surface area contributed by atoms with E-state index in [1.807, 2.05) is 18.2 Å². The Bertz CT molecular complexity index is 738. The summed E-state index contributed by atoms with van der Waals surface area (Å²) in [6, 6.07) is 7.32. The van der Waals surface area contributed by atoms with E-state index in [1.54, 1.807) is 17.9 Å². The maximum Gasteiger partial charge on any atom is 0.393 e. The molecular weight excluding hydrogens is 311 g/mol. The van der Waals surface area contributed by atoms with Crippen molar-refractivity contribution in [2.45, 2.75) is 19.6 Å². The summed E-state index contributed by atoms with van der Waals surface area (Å²) < 4.78 is 44.8. The fraction of sp³-hybridized carbons (Fsp3) is 0.438. The van der Waals surface area contributed by atoms with Gasteiger partial charge in [0.05, 0.1) is 11.8 Å². The van der Waals surface area contributed by atoms with Gasteiger partial charge in [-0.05, 0) is 13.0 Å². The quantitative estimate of drug-likeness (QED) is 0.938. The van der Waals surface area contributed by atoms with E-state index >= 15 is 0 Å². The van der Waals surface area contributed by atoms with E-state index < -0.39 is 24.0 Å². The second-order valence-electron chi connectivity index (χ2n) is 5.92. The first kappa shape index (κ1) is 15.9. The number of carbonyl (C=O) groups is 1. The summed E-state index contributed by atoms with van der Waals surface area (Å²) in [6.07, 6.45) is -4.51. The number of carboxylic acid groups (broad SMARTS) is 1. The largest absolute Gasteiger partial charge is 0.481 e. The van der Waals surface area contributed by atoms with Gasteiger partial charge in [0.2, 0.25) is 0 Å². The fourth-order valence-electron chi connectivity index (χ4n) is 3.24. The Morgan fingerprint density at radius 2 is 2.04 bits per heavy atom. The van der Waals surface area contributed by atoms with Crippen LogP contribution in [0.1, 0.15) is 11.3 Å². The molecule has 0 amide bonds. The van der Waals surface area contributed by atoms with Crippen molar-refractivity contribution in [2.75, 3.05) is 13.1 Å². The molecule has 23 heavy (non-hydrogen) atoms. The van der Waals surface area contributed by atoms with Crippen molar-refractivity contribution < 1.29 is 27.5 Å². The van der Waals surface area contributed by atoms with Gasteiger partial charge in [-0.3, -0.25) is 9.69 Å². The van der Waals surface area contributed by atoms with E-state index in [9.17, 15) is 18.0 Å². The molecule has 2 aromatic rings. The average Bonchev–Trinajstić information content (AvgIpc) is 3.02. The molecule has 0 aliphatic carbocycles. The number of hydrogen-bond donors (Lipinski definition) is 1. The molecule has 2 atom stereocenters. The van der Waals surface area contributed by atoms with Crippen LogP contribution in [0.3, 0.4) is 0 Å². The lowest BCUT2D eigenvalue weighted by atomic mass is 9.96. The molecule has 1 aliphatic heterocycles. The van der Waals surface area contributed by atoms with Crippen LogP contribution in [0, 0.1) is 18.8 Å². The first-order valence-corrected chi connectivity index (χ1v) is 7.26. The molecule has 7 heteroatoms. The molecule has 1 fully saturated rings. The van der Waals surface area contributed by atoms with Gasteiger partial charge in [0.25, 0.3) is 0 Å². The highest BCUT2D eigenvalue weighted by molar-refractivity contribution is 5.82. The molecule has 4 nitrogen and oxygen atoms in total. The van der Waals surface area contributed by atoms with Crippen LogP contribution >= 0.6 is 0 Å². The number of aryl methyl sites for hydroxylation is 1. The van der Waals surface area contributed by atoms with Crippen molar-refractivity contribution in [1.82, 2.24) is 4.90 Å². The maximum atomic E-state index is 13.0. The highest BCUT2D eigenvalue weighted by Gasteiger charge is 2.52. The number of nitrogens with zero attached hydrogens (tertiary/aromatic N) is 1. The van der Waals surface area contributed by atoms with Gasteiger partial charge in [0.15, 0.2) is 0 Å². The van der Waals surface area contributed by atoms with E-state index in [1.165, 1.54) is 0 Å². The SMILES string of the molecule is Cc1oc2ccccc2c1CN1C[C@@H](C(F)(F)F)[C@H](C(=O)O)C1. The zero-order valence-electron chi connectivity index (χ0n) is 12.4. The van der Waals surface area contributed by atoms with Crippen LogP contribution in [0.2, 0.25) is 0 Å². The topological polar surface area (TPSA) is 53.7 Å². The van der Waals surface area contributed by atoms with Gasteiger partial charge in [0.1, 0.15) is 11.3 Å². The summed E-state index contributed by atoms with van der Waals surface area (Å²) in [7, 11) is 0. The van der Waals surface area contributed by atoms with E-state index in [2.05, 4.69) is 0 Å². The zero-order valence-corrected chi connectivity index (χ0v) is 12.4. The van der Waals surface area contributed by atoms with Gasteiger partial charge >= 0.3 is 12.1 Å². The minimum absolute atomic E-state index is 0.113. The summed E-state index contributed by atoms with van der Waals surface area (Å²) in [4.78, 5) is 12.7. The predicted molar refractivity (Wildman–Crippen MR) is 76.9 cm³/mol. The van der Waals surface area contributed by atoms with Crippen LogP contribution in [0.5, 0.6) is 0 Å². The summed E-state index contributed by atoms with van der Waals surface area (Å²) in [5, 5.41) is 9.93. The molecule has 1 aromatic heterocycles. The Hall–Kier alpha value is -2.02. The Balaban J connectivity index is 1.86. The minimum atomic E-state index is -4.51. The monoisotopic (exact) mass is 327 g/mol. The third kappa shape index (κ3) is 2.93. The highest BCUT2D eigenvalue weighted by Crippen LogP contribution is 2.39. The van der Waals surface area contributed by atoms with Crippen molar-refractivity contribution >= 4 is 16.9 Å². The van der Waals surface area contributed by atoms with Crippen molar-refractivity contribution in [1.29, 1.82) is 0 Å². The Morgan fingerprint density at radius 3 is 2.65 bits per heavy atom. The molecule has 0 radical (unpaired) electrons. The van der Waals surface area contributed by atoms with Crippen molar-refractivity contribution in [3.8, 4) is 0 Å². The van der Waals surface area contributed by atoms with Crippen LogP contribution in [0.25, 0.3) is 11.0 Å². The number of para-hydroxylation sites is 1. The van der Waals surface area contributed by atoms with Gasteiger partial charge in [0, 0.05) is 30.6 Å². The van der Waals surface area contributed by atoms with Gasteiger partial charge in [-0.2, -0.15) is 13.2 Å². The Morgan fingerprint density at radius 1 is 1.35 bits per heavy atom. The smallest absolute Gasteiger partial charge is 0.393 e. The predicted octanol–water partition coefficient (Wildman–Crippen LogP) is 3.44. The van der Waals surface area contributed by atoms with Gasteiger partial charge in [-0.15, -0.1) is 0 Å². The number of halogens is 3. The van der Waals surface area contributed by atoms with E-state index in [0.29, 0.717) is 11.3 Å². The second kappa shape index (κ2) is 5.56. The van der Waals surface area contributed by atoms with Crippen LogP contribution in [-0.4, -0.2) is 35.2 Å². The van der Waals surface area contributed by atoms with Crippen molar-refractivity contribution in [3.63, 3.8) is 0 Å². The molecule has 0 unspecified atom stereocenters. The average molecular weight is 327 g/mol. The number of hydrogen-bond acceptors (Lipinski definition) is 3. The summed E-state index contributed by atoms with van der Waals surface area (Å²) in [5.74, 6) is -4.01. The molecule has 0 spiro atoms. The van der Waals surface area contributed by atoms with E-state index in [0.717, 1.165) is 10.9 Å². The molecule has 3 rings (SSSR count). The number of likely N-dealkylation sites (tertiary alicyclic amines) is 1. The number of alkyl halides is 3. The maximum absolute atomic E-state index is 13.0. The first-order valence-electron chi connectivity index (χ1n) is 7.26. The molecule has 0 saturated carbocycles. The molecular formula is C16H16F3NO3. The number of fused-ring (bicyclic) bond motifs is 1. The molecule has 1 N–H and O–H groups in total. The highest BCUT2D eigenvalue weighted by atomic mass is 19.4. The van der Waals surface area contributed by atoms with Crippen LogP contribution < -0.4 is 0 Å². The number of rotatable bonds is 3. The van der Waals surface area contributed by atoms with Gasteiger partial charge in [-0.25, -0.2) is 0 Å². The lowest BCUT2D eigenvalue weighted by Crippen LogP contribution is -2.33. The van der Waals surface area contributed by atoms with Crippen molar-refractivity contribution in [2.24, 2.45) is 11.8 Å². The second-order valence-corrected chi connectivity index (χ2v) is 5.92. The standard InChI is InChI=1S/C16H16F3NO3/c1-9-11(10-4-2-3-5-14(10)23-9)6-20-7-12(15(21)22)13(8-20)16(17,18)19/h2-5,12-13H,6-8H2,1H3,(H,21,22)/t12-,13-/m1/s1. The van der Waals surface area contributed by atoms with Gasteiger partial charge in [-0.1, -0.05) is 18.2 Å². The number of benzene rings is 1. The van der Waals surface area contributed by atoms with Crippen LogP contribution in [-0.2, 0) is 11.3 Å². The lowest BCUT2D eigenvalue weighted by Gasteiger charge is -2.18. The zero-order chi connectivity index (χ0) is 16.8. The normalized spacial score (nSPS) is 22.8. The Labute approximate surface area is 130 Å². The van der Waals surface area contributed by atoms with Crippen molar-refractivity contribution in [3.05, 3.63) is 35.6 Å². The first-order chi connectivity index (χ1) is 10.8. The van der Waals surface area contributed by atoms with E-state index in [-0.39, 0.29) is 19.6 Å². The molecule has 1 aliphatic rings. The number of carboxylic acids is 1.